The van der Waals surface area contributed by atoms with E-state index in [9.17, 15) is 9.59 Å². The van der Waals surface area contributed by atoms with Crippen LogP contribution in [0.1, 0.15) is 11.3 Å². The molecule has 0 fully saturated rings. The summed E-state index contributed by atoms with van der Waals surface area (Å²) in [5, 5.41) is 10.2. The van der Waals surface area contributed by atoms with Crippen LogP contribution in [0.2, 0.25) is 4.34 Å². The predicted octanol–water partition coefficient (Wildman–Crippen LogP) is 3.24. The number of carbonyl (C=O) groups is 1. The average Bonchev–Trinajstić information content (AvgIpc) is 3.10. The van der Waals surface area contributed by atoms with Crippen molar-refractivity contribution in [2.24, 2.45) is 0 Å². The molecule has 28 heavy (non-hydrogen) atoms. The number of aliphatic hydroxyl groups excluding tert-OH is 1. The van der Waals surface area contributed by atoms with E-state index >= 15 is 0 Å². The molecule has 0 aliphatic carbocycles. The van der Waals surface area contributed by atoms with Crippen molar-refractivity contribution in [3.05, 3.63) is 56.0 Å². The summed E-state index contributed by atoms with van der Waals surface area (Å²) in [5.41, 5.74) is 0.444. The van der Waals surface area contributed by atoms with Crippen LogP contribution in [0.5, 0.6) is 0 Å². The zero-order valence-corrected chi connectivity index (χ0v) is 17.7. The van der Waals surface area contributed by atoms with E-state index < -0.39 is 0 Å². The van der Waals surface area contributed by atoms with Crippen molar-refractivity contribution < 1.29 is 9.90 Å². The molecule has 0 unspecified atom stereocenters. The van der Waals surface area contributed by atoms with Gasteiger partial charge in [0, 0.05) is 25.1 Å². The molecule has 0 saturated heterocycles. The standard InChI is InChI=1S/C19H20ClN3O3S2/c1-22(11-13-7-8-16(20)28-13)17(25)12-27-19-21-15-6-3-2-5-14(15)18(26)23(19)9-4-10-24/h2-3,5-8,24H,4,9-12H2,1H3. The highest BCUT2D eigenvalue weighted by Crippen LogP contribution is 2.23. The van der Waals surface area contributed by atoms with Crippen LogP contribution in [0.25, 0.3) is 10.9 Å². The van der Waals surface area contributed by atoms with Gasteiger partial charge in [0.2, 0.25) is 5.91 Å². The van der Waals surface area contributed by atoms with E-state index in [2.05, 4.69) is 4.98 Å². The summed E-state index contributed by atoms with van der Waals surface area (Å²) in [6.45, 7) is 0.820. The van der Waals surface area contributed by atoms with Crippen molar-refractivity contribution in [1.82, 2.24) is 14.5 Å². The summed E-state index contributed by atoms with van der Waals surface area (Å²) in [6, 6.07) is 10.9. The molecule has 0 spiro atoms. The number of amides is 1. The van der Waals surface area contributed by atoms with E-state index in [1.807, 2.05) is 18.2 Å². The number of thiophene rings is 1. The van der Waals surface area contributed by atoms with Gasteiger partial charge in [-0.2, -0.15) is 0 Å². The van der Waals surface area contributed by atoms with Crippen molar-refractivity contribution in [1.29, 1.82) is 0 Å². The molecule has 3 aromatic rings. The lowest BCUT2D eigenvalue weighted by Gasteiger charge is -2.17. The first-order chi connectivity index (χ1) is 13.5. The molecule has 148 valence electrons. The fraction of sp³-hybridized carbons (Fsp3) is 0.316. The second kappa shape index (κ2) is 9.56. The van der Waals surface area contributed by atoms with E-state index in [4.69, 9.17) is 16.7 Å². The number of fused-ring (bicyclic) bond motifs is 1. The van der Waals surface area contributed by atoms with Crippen LogP contribution >= 0.6 is 34.7 Å². The van der Waals surface area contributed by atoms with Crippen LogP contribution in [0.3, 0.4) is 0 Å². The minimum Gasteiger partial charge on any atom is -0.396 e. The highest BCUT2D eigenvalue weighted by Gasteiger charge is 2.15. The third-order valence-electron chi connectivity index (χ3n) is 4.14. The molecule has 9 heteroatoms. The van der Waals surface area contributed by atoms with Gasteiger partial charge in [-0.05, 0) is 30.7 Å². The van der Waals surface area contributed by atoms with Gasteiger partial charge in [-0.25, -0.2) is 4.98 Å². The first-order valence-electron chi connectivity index (χ1n) is 8.71. The third-order valence-corrected chi connectivity index (χ3v) is 6.32. The Morgan fingerprint density at radius 1 is 1.32 bits per heavy atom. The smallest absolute Gasteiger partial charge is 0.262 e. The van der Waals surface area contributed by atoms with E-state index in [1.54, 1.807) is 30.1 Å². The van der Waals surface area contributed by atoms with Crippen LogP contribution in [0.15, 0.2) is 46.3 Å². The first kappa shape index (κ1) is 20.9. The van der Waals surface area contributed by atoms with E-state index in [-0.39, 0.29) is 23.8 Å². The Hall–Kier alpha value is -1.87. The Kier molecular flexibility index (Phi) is 7.12. The van der Waals surface area contributed by atoms with Crippen LogP contribution in [-0.2, 0) is 17.9 Å². The summed E-state index contributed by atoms with van der Waals surface area (Å²) in [5.74, 6) is 0.102. The van der Waals surface area contributed by atoms with Gasteiger partial charge in [0.15, 0.2) is 5.16 Å². The average molecular weight is 438 g/mol. The van der Waals surface area contributed by atoms with Gasteiger partial charge in [0.1, 0.15) is 0 Å². The summed E-state index contributed by atoms with van der Waals surface area (Å²) in [4.78, 5) is 32.5. The van der Waals surface area contributed by atoms with Crippen LogP contribution in [0, 0.1) is 0 Å². The molecular weight excluding hydrogens is 418 g/mol. The minimum atomic E-state index is -0.157. The molecule has 1 aromatic carbocycles. The molecule has 6 nitrogen and oxygen atoms in total. The van der Waals surface area contributed by atoms with Gasteiger partial charge in [0.05, 0.1) is 27.5 Å². The number of hydrogen-bond donors (Lipinski definition) is 1. The number of thioether (sulfide) groups is 1. The fourth-order valence-corrected chi connectivity index (χ4v) is 4.79. The summed E-state index contributed by atoms with van der Waals surface area (Å²) < 4.78 is 2.23. The Labute approximate surface area is 175 Å². The monoisotopic (exact) mass is 437 g/mol. The van der Waals surface area contributed by atoms with E-state index in [0.717, 1.165) is 4.88 Å². The van der Waals surface area contributed by atoms with Crippen molar-refractivity contribution in [2.75, 3.05) is 19.4 Å². The molecule has 0 radical (unpaired) electrons. The second-order valence-corrected chi connectivity index (χ2v) is 8.93. The number of aliphatic hydroxyl groups is 1. The highest BCUT2D eigenvalue weighted by atomic mass is 35.5. The minimum absolute atomic E-state index is 0.0194. The van der Waals surface area contributed by atoms with E-state index in [1.165, 1.54) is 27.7 Å². The molecule has 1 N–H and O–H groups in total. The van der Waals surface area contributed by atoms with Gasteiger partial charge in [-0.15, -0.1) is 11.3 Å². The second-order valence-electron chi connectivity index (χ2n) is 6.19. The van der Waals surface area contributed by atoms with Crippen molar-refractivity contribution in [3.8, 4) is 0 Å². The Bertz CT molecular complexity index is 1030. The van der Waals surface area contributed by atoms with Gasteiger partial charge >= 0.3 is 0 Å². The first-order valence-corrected chi connectivity index (χ1v) is 10.9. The number of hydrogen-bond acceptors (Lipinski definition) is 6. The van der Waals surface area contributed by atoms with Gasteiger partial charge in [0.25, 0.3) is 5.56 Å². The quantitative estimate of drug-likeness (QED) is 0.432. The van der Waals surface area contributed by atoms with E-state index in [0.29, 0.717) is 39.9 Å². The lowest BCUT2D eigenvalue weighted by atomic mass is 10.2. The molecule has 1 amide bonds. The number of rotatable bonds is 8. The third kappa shape index (κ3) is 4.94. The van der Waals surface area contributed by atoms with Crippen LogP contribution in [-0.4, -0.2) is 44.9 Å². The Morgan fingerprint density at radius 2 is 2.11 bits per heavy atom. The summed E-state index contributed by atoms with van der Waals surface area (Å²) in [6.07, 6.45) is 0.445. The molecule has 3 rings (SSSR count). The number of nitrogens with zero attached hydrogens (tertiary/aromatic N) is 3. The normalized spacial score (nSPS) is 11.1. The van der Waals surface area contributed by atoms with Crippen molar-refractivity contribution in [2.45, 2.75) is 24.7 Å². The largest absolute Gasteiger partial charge is 0.396 e. The fourth-order valence-electron chi connectivity index (χ4n) is 2.68. The van der Waals surface area contributed by atoms with Crippen molar-refractivity contribution >= 4 is 51.5 Å². The molecule has 2 aromatic heterocycles. The summed E-state index contributed by atoms with van der Waals surface area (Å²) in [7, 11) is 1.74. The maximum atomic E-state index is 12.8. The molecule has 0 atom stereocenters. The topological polar surface area (TPSA) is 75.4 Å². The van der Waals surface area contributed by atoms with Crippen LogP contribution in [0.4, 0.5) is 0 Å². The molecular formula is C19H20ClN3O3S2. The van der Waals surface area contributed by atoms with Gasteiger partial charge < -0.3 is 10.0 Å². The number of benzene rings is 1. The van der Waals surface area contributed by atoms with Crippen LogP contribution < -0.4 is 5.56 Å². The maximum Gasteiger partial charge on any atom is 0.262 e. The van der Waals surface area contributed by atoms with Crippen molar-refractivity contribution in [3.63, 3.8) is 0 Å². The molecule has 0 bridgehead atoms. The zero-order chi connectivity index (χ0) is 20.1. The Balaban J connectivity index is 1.76. The molecule has 0 aliphatic rings. The lowest BCUT2D eigenvalue weighted by molar-refractivity contribution is -0.127. The summed E-state index contributed by atoms with van der Waals surface area (Å²) >= 11 is 8.62. The predicted molar refractivity (Wildman–Crippen MR) is 114 cm³/mol. The maximum absolute atomic E-state index is 12.8. The zero-order valence-electron chi connectivity index (χ0n) is 15.3. The van der Waals surface area contributed by atoms with Gasteiger partial charge in [-0.3, -0.25) is 14.2 Å². The van der Waals surface area contributed by atoms with Gasteiger partial charge in [-0.1, -0.05) is 35.5 Å². The highest BCUT2D eigenvalue weighted by molar-refractivity contribution is 7.99. The molecule has 2 heterocycles. The Morgan fingerprint density at radius 3 is 2.82 bits per heavy atom. The molecule has 0 aliphatic heterocycles. The number of para-hydroxylation sites is 1. The number of halogens is 1. The molecule has 0 saturated carbocycles. The SMILES string of the molecule is CN(Cc1ccc(Cl)s1)C(=O)CSc1nc2ccccc2c(=O)n1CCCO. The number of carbonyl (C=O) groups excluding carboxylic acids is 1. The lowest BCUT2D eigenvalue weighted by Crippen LogP contribution is -2.28. The number of aromatic nitrogens is 2.